The van der Waals surface area contributed by atoms with Gasteiger partial charge in [-0.3, -0.25) is 0 Å². The SMILES string of the molecule is CC#Cc1ccc(C2CCC(C(F)=C(F)F)CC2)cc1. The normalized spacial score (nSPS) is 21.8. The zero-order chi connectivity index (χ0) is 14.5. The summed E-state index contributed by atoms with van der Waals surface area (Å²) in [6, 6.07) is 8.01. The van der Waals surface area contributed by atoms with Crippen molar-refractivity contribution in [2.45, 2.75) is 38.5 Å². The molecule has 0 aliphatic heterocycles. The molecule has 0 atom stereocenters. The molecule has 1 fully saturated rings. The van der Waals surface area contributed by atoms with Crippen molar-refractivity contribution in [3.05, 3.63) is 47.3 Å². The molecule has 1 aromatic carbocycles. The van der Waals surface area contributed by atoms with Crippen LogP contribution in [0.1, 0.15) is 49.7 Å². The van der Waals surface area contributed by atoms with Crippen LogP contribution in [0.15, 0.2) is 36.2 Å². The lowest BCUT2D eigenvalue weighted by Crippen LogP contribution is -2.14. The Balaban J connectivity index is 2.00. The van der Waals surface area contributed by atoms with Gasteiger partial charge in [-0.25, -0.2) is 4.39 Å². The van der Waals surface area contributed by atoms with Gasteiger partial charge in [0.15, 0.2) is 5.83 Å². The van der Waals surface area contributed by atoms with E-state index in [1.807, 2.05) is 24.3 Å². The van der Waals surface area contributed by atoms with Crippen molar-refractivity contribution < 1.29 is 13.2 Å². The Morgan fingerprint density at radius 2 is 1.60 bits per heavy atom. The van der Waals surface area contributed by atoms with Crippen molar-refractivity contribution in [3.8, 4) is 11.8 Å². The van der Waals surface area contributed by atoms with Crippen molar-refractivity contribution in [3.63, 3.8) is 0 Å². The molecule has 20 heavy (non-hydrogen) atoms. The maximum Gasteiger partial charge on any atom is 0.301 e. The van der Waals surface area contributed by atoms with Gasteiger partial charge in [0.05, 0.1) is 0 Å². The van der Waals surface area contributed by atoms with Crippen LogP contribution < -0.4 is 0 Å². The summed E-state index contributed by atoms with van der Waals surface area (Å²) in [6.45, 7) is 1.79. The molecule has 0 amide bonds. The van der Waals surface area contributed by atoms with Crippen molar-refractivity contribution >= 4 is 0 Å². The monoisotopic (exact) mass is 278 g/mol. The highest BCUT2D eigenvalue weighted by Crippen LogP contribution is 2.40. The third kappa shape index (κ3) is 3.45. The highest BCUT2D eigenvalue weighted by Gasteiger charge is 2.27. The average molecular weight is 278 g/mol. The second kappa shape index (κ2) is 6.65. The molecule has 0 saturated heterocycles. The van der Waals surface area contributed by atoms with Crippen LogP contribution in [-0.2, 0) is 0 Å². The van der Waals surface area contributed by atoms with Crippen molar-refractivity contribution in [1.29, 1.82) is 0 Å². The van der Waals surface area contributed by atoms with E-state index in [0.29, 0.717) is 18.8 Å². The molecule has 0 aromatic heterocycles. The quantitative estimate of drug-likeness (QED) is 0.634. The first-order chi connectivity index (χ1) is 9.61. The average Bonchev–Trinajstić information content (AvgIpc) is 2.48. The van der Waals surface area contributed by atoms with Crippen molar-refractivity contribution in [2.75, 3.05) is 0 Å². The van der Waals surface area contributed by atoms with Crippen molar-refractivity contribution in [1.82, 2.24) is 0 Å². The van der Waals surface area contributed by atoms with Gasteiger partial charge < -0.3 is 0 Å². The Bertz CT molecular complexity index is 534. The van der Waals surface area contributed by atoms with Gasteiger partial charge >= 0.3 is 6.08 Å². The molecule has 1 aromatic rings. The van der Waals surface area contributed by atoms with Gasteiger partial charge in [0.25, 0.3) is 0 Å². The third-order valence-electron chi connectivity index (χ3n) is 3.92. The Morgan fingerprint density at radius 1 is 1.00 bits per heavy atom. The topological polar surface area (TPSA) is 0 Å². The largest absolute Gasteiger partial charge is 0.301 e. The first-order valence-electron chi connectivity index (χ1n) is 6.85. The van der Waals surface area contributed by atoms with Gasteiger partial charge in [-0.05, 0) is 56.2 Å². The molecule has 1 saturated carbocycles. The van der Waals surface area contributed by atoms with Crippen molar-refractivity contribution in [2.24, 2.45) is 5.92 Å². The van der Waals surface area contributed by atoms with Crippen LogP contribution in [-0.4, -0.2) is 0 Å². The van der Waals surface area contributed by atoms with Crippen LogP contribution in [0, 0.1) is 17.8 Å². The van der Waals surface area contributed by atoms with E-state index in [1.165, 1.54) is 5.56 Å². The molecule has 0 N–H and O–H groups in total. The summed E-state index contributed by atoms with van der Waals surface area (Å²) in [5, 5.41) is 0. The maximum absolute atomic E-state index is 13.2. The zero-order valence-corrected chi connectivity index (χ0v) is 11.4. The molecule has 0 nitrogen and oxygen atoms in total. The molecule has 3 heteroatoms. The minimum absolute atomic E-state index is 0.338. The molecule has 0 bridgehead atoms. The maximum atomic E-state index is 13.2. The van der Waals surface area contributed by atoms with Gasteiger partial charge in [0.1, 0.15) is 0 Å². The molecule has 1 aliphatic carbocycles. The fraction of sp³-hybridized carbons (Fsp3) is 0.412. The van der Waals surface area contributed by atoms with E-state index in [1.54, 1.807) is 6.92 Å². The Kier molecular flexibility index (Phi) is 4.89. The summed E-state index contributed by atoms with van der Waals surface area (Å²) in [5.41, 5.74) is 2.16. The first-order valence-corrected chi connectivity index (χ1v) is 6.85. The van der Waals surface area contributed by atoms with E-state index in [9.17, 15) is 13.2 Å². The summed E-state index contributed by atoms with van der Waals surface area (Å²) in [5.74, 6) is 4.36. The standard InChI is InChI=1S/C17H17F3/c1-2-3-12-4-6-13(7-5-12)14-8-10-15(11-9-14)16(18)17(19)20/h4-7,14-15H,8-11H2,1H3. The van der Waals surface area contributed by atoms with Crippen LogP contribution in [0.5, 0.6) is 0 Å². The second-order valence-electron chi connectivity index (χ2n) is 5.15. The lowest BCUT2D eigenvalue weighted by molar-refractivity contribution is 0.281. The van der Waals surface area contributed by atoms with E-state index in [2.05, 4.69) is 11.8 Å². The second-order valence-corrected chi connectivity index (χ2v) is 5.15. The van der Waals surface area contributed by atoms with Crippen LogP contribution in [0.3, 0.4) is 0 Å². The van der Waals surface area contributed by atoms with E-state index in [4.69, 9.17) is 0 Å². The number of halogens is 3. The van der Waals surface area contributed by atoms with Gasteiger partial charge in [-0.2, -0.15) is 8.78 Å². The molecule has 2 rings (SSSR count). The molecule has 0 heterocycles. The number of hydrogen-bond donors (Lipinski definition) is 0. The highest BCUT2D eigenvalue weighted by atomic mass is 19.3. The lowest BCUT2D eigenvalue weighted by Gasteiger charge is -2.27. The Hall–Kier alpha value is -1.69. The van der Waals surface area contributed by atoms with Gasteiger partial charge in [-0.1, -0.05) is 18.1 Å². The lowest BCUT2D eigenvalue weighted by atomic mass is 9.78. The van der Waals surface area contributed by atoms with Gasteiger partial charge in [0.2, 0.25) is 0 Å². The number of rotatable bonds is 2. The Morgan fingerprint density at radius 3 is 2.10 bits per heavy atom. The molecule has 106 valence electrons. The van der Waals surface area contributed by atoms with E-state index >= 15 is 0 Å². The van der Waals surface area contributed by atoms with Gasteiger partial charge in [-0.15, -0.1) is 5.92 Å². The fourth-order valence-electron chi connectivity index (χ4n) is 2.82. The van der Waals surface area contributed by atoms with E-state index in [0.717, 1.165) is 18.4 Å². The number of allylic oxidation sites excluding steroid dienone is 1. The summed E-state index contributed by atoms with van der Waals surface area (Å²) < 4.78 is 37.7. The van der Waals surface area contributed by atoms with Crippen LogP contribution >= 0.6 is 0 Å². The minimum atomic E-state index is -2.16. The Labute approximate surface area is 117 Å². The molecule has 0 unspecified atom stereocenters. The molecular formula is C17H17F3. The molecular weight excluding hydrogens is 261 g/mol. The fourth-order valence-corrected chi connectivity index (χ4v) is 2.82. The summed E-state index contributed by atoms with van der Waals surface area (Å²) in [6.07, 6.45) is 0.333. The first kappa shape index (κ1) is 14.7. The van der Waals surface area contributed by atoms with E-state index < -0.39 is 17.8 Å². The van der Waals surface area contributed by atoms with E-state index in [-0.39, 0.29) is 0 Å². The van der Waals surface area contributed by atoms with Crippen LogP contribution in [0.2, 0.25) is 0 Å². The number of hydrogen-bond acceptors (Lipinski definition) is 0. The molecule has 0 radical (unpaired) electrons. The summed E-state index contributed by atoms with van der Waals surface area (Å²) in [7, 11) is 0. The third-order valence-corrected chi connectivity index (χ3v) is 3.92. The number of benzene rings is 1. The highest BCUT2D eigenvalue weighted by molar-refractivity contribution is 5.36. The summed E-state index contributed by atoms with van der Waals surface area (Å²) in [4.78, 5) is 0. The van der Waals surface area contributed by atoms with Crippen LogP contribution in [0.25, 0.3) is 0 Å². The molecule has 1 aliphatic rings. The predicted octanol–water partition coefficient (Wildman–Crippen LogP) is 5.41. The van der Waals surface area contributed by atoms with Crippen LogP contribution in [0.4, 0.5) is 13.2 Å². The minimum Gasteiger partial charge on any atom is -0.206 e. The van der Waals surface area contributed by atoms with Gasteiger partial charge in [0, 0.05) is 11.5 Å². The summed E-state index contributed by atoms with van der Waals surface area (Å²) >= 11 is 0. The molecule has 0 spiro atoms. The zero-order valence-electron chi connectivity index (χ0n) is 11.4. The smallest absolute Gasteiger partial charge is 0.206 e. The predicted molar refractivity (Wildman–Crippen MR) is 74.0 cm³/mol.